The molecular formula is C15H10Cl3NO2. The van der Waals surface area contributed by atoms with E-state index < -0.39 is 0 Å². The normalized spacial score (nSPS) is 11.5. The largest absolute Gasteiger partial charge is 0.287 e. The number of carbonyl (C=O) groups is 1. The predicted molar refractivity (Wildman–Crippen MR) is 86.5 cm³/mol. The van der Waals surface area contributed by atoms with Crippen LogP contribution in [0.3, 0.4) is 0 Å². The van der Waals surface area contributed by atoms with Gasteiger partial charge >= 0.3 is 0 Å². The minimum absolute atomic E-state index is 0.173. The molecule has 0 saturated carbocycles. The summed E-state index contributed by atoms with van der Waals surface area (Å²) < 4.78 is 1.19. The molecule has 0 atom stereocenters. The first-order valence-electron chi connectivity index (χ1n) is 5.98. The molecule has 0 unspecified atom stereocenters. The van der Waals surface area contributed by atoms with Crippen molar-refractivity contribution in [2.75, 3.05) is 0 Å². The summed E-state index contributed by atoms with van der Waals surface area (Å²) in [6, 6.07) is 7.32. The molecule has 0 amide bonds. The number of ketones is 1. The molecule has 0 radical (unpaired) electrons. The highest BCUT2D eigenvalue weighted by atomic mass is 35.5. The van der Waals surface area contributed by atoms with Crippen molar-refractivity contribution in [1.29, 1.82) is 0 Å². The van der Waals surface area contributed by atoms with E-state index in [4.69, 9.17) is 34.8 Å². The van der Waals surface area contributed by atoms with Gasteiger partial charge in [-0.3, -0.25) is 14.2 Å². The Kier molecular flexibility index (Phi) is 4.88. The molecule has 0 spiro atoms. The molecule has 3 nitrogen and oxygen atoms in total. The lowest BCUT2D eigenvalue weighted by Gasteiger charge is -2.11. The fraction of sp³-hybridized carbons (Fsp3) is 0.0667. The molecule has 0 aliphatic heterocycles. The van der Waals surface area contributed by atoms with Gasteiger partial charge < -0.3 is 0 Å². The molecule has 0 aliphatic rings. The summed E-state index contributed by atoms with van der Waals surface area (Å²) in [4.78, 5) is 24.5. The Morgan fingerprint density at radius 2 is 1.76 bits per heavy atom. The van der Waals surface area contributed by atoms with Crippen LogP contribution in [0.15, 0.2) is 47.4 Å². The van der Waals surface area contributed by atoms with Gasteiger partial charge in [0.1, 0.15) is 0 Å². The molecule has 0 N–H and O–H groups in total. The van der Waals surface area contributed by atoms with Crippen molar-refractivity contribution in [1.82, 2.24) is 4.57 Å². The number of nitrogens with zero attached hydrogens (tertiary/aromatic N) is 1. The minimum Gasteiger partial charge on any atom is -0.287 e. The third-order valence-electron chi connectivity index (χ3n) is 2.82. The molecule has 2 rings (SSSR count). The van der Waals surface area contributed by atoms with Gasteiger partial charge in [-0.2, -0.15) is 0 Å². The van der Waals surface area contributed by atoms with E-state index in [1.54, 1.807) is 13.0 Å². The van der Waals surface area contributed by atoms with Crippen molar-refractivity contribution in [3.05, 3.63) is 73.6 Å². The van der Waals surface area contributed by atoms with E-state index in [0.717, 1.165) is 0 Å². The van der Waals surface area contributed by atoms with Crippen LogP contribution in [0.1, 0.15) is 17.3 Å². The first kappa shape index (κ1) is 15.8. The summed E-state index contributed by atoms with van der Waals surface area (Å²) in [6.45, 7) is 1.66. The van der Waals surface area contributed by atoms with E-state index in [1.165, 1.54) is 41.1 Å². The number of halogens is 3. The quantitative estimate of drug-likeness (QED) is 0.606. The van der Waals surface area contributed by atoms with E-state index in [1.807, 2.05) is 0 Å². The molecule has 21 heavy (non-hydrogen) atoms. The number of carbonyl (C=O) groups excluding carboxylic acids is 1. The zero-order valence-corrected chi connectivity index (χ0v) is 13.2. The molecular weight excluding hydrogens is 333 g/mol. The van der Waals surface area contributed by atoms with Crippen LogP contribution in [0.5, 0.6) is 0 Å². The lowest BCUT2D eigenvalue weighted by molar-refractivity contribution is 0.105. The van der Waals surface area contributed by atoms with Gasteiger partial charge in [0.2, 0.25) is 5.78 Å². The molecule has 108 valence electrons. The van der Waals surface area contributed by atoms with Gasteiger partial charge in [-0.1, -0.05) is 40.9 Å². The number of hydrogen-bond donors (Lipinski definition) is 0. The zero-order chi connectivity index (χ0) is 15.6. The number of pyridine rings is 1. The Hall–Kier alpha value is -1.55. The van der Waals surface area contributed by atoms with Gasteiger partial charge in [0.25, 0.3) is 5.56 Å². The Morgan fingerprint density at radius 3 is 2.38 bits per heavy atom. The number of rotatable bonds is 3. The average molecular weight is 343 g/mol. The first-order valence-corrected chi connectivity index (χ1v) is 7.12. The van der Waals surface area contributed by atoms with Crippen molar-refractivity contribution in [3.8, 4) is 0 Å². The van der Waals surface area contributed by atoms with E-state index in [-0.39, 0.29) is 27.6 Å². The summed E-state index contributed by atoms with van der Waals surface area (Å²) in [5.41, 5.74) is 0.0821. The summed E-state index contributed by atoms with van der Waals surface area (Å²) in [5.74, 6) is -0.386. The Balaban J connectivity index is 2.54. The van der Waals surface area contributed by atoms with Crippen molar-refractivity contribution >= 4 is 46.3 Å². The van der Waals surface area contributed by atoms with Crippen molar-refractivity contribution in [3.63, 3.8) is 0 Å². The lowest BCUT2D eigenvalue weighted by atomic mass is 10.1. The molecule has 1 aromatic carbocycles. The predicted octanol–water partition coefficient (Wildman–Crippen LogP) is 4.55. The SMILES string of the molecule is CC=C(C(=O)c1ccc(Cl)cc1Cl)n1cc(Cl)ccc1=O. The van der Waals surface area contributed by atoms with Gasteiger partial charge in [0.05, 0.1) is 15.7 Å². The summed E-state index contributed by atoms with van der Waals surface area (Å²) >= 11 is 17.7. The van der Waals surface area contributed by atoms with E-state index >= 15 is 0 Å². The number of Topliss-reactive ketones (excluding diaryl/α,β-unsaturated/α-hetero) is 1. The highest BCUT2D eigenvalue weighted by Gasteiger charge is 2.17. The van der Waals surface area contributed by atoms with E-state index in [2.05, 4.69) is 0 Å². The average Bonchev–Trinajstić information content (AvgIpc) is 2.43. The Labute approximate surface area is 136 Å². The monoisotopic (exact) mass is 341 g/mol. The number of allylic oxidation sites excluding steroid dienone is 2. The van der Waals surface area contributed by atoms with Gasteiger partial charge in [0, 0.05) is 22.8 Å². The van der Waals surface area contributed by atoms with Crippen molar-refractivity contribution < 1.29 is 4.79 Å². The third-order valence-corrected chi connectivity index (χ3v) is 3.59. The fourth-order valence-corrected chi connectivity index (χ4v) is 2.50. The van der Waals surface area contributed by atoms with Gasteiger partial charge in [-0.15, -0.1) is 0 Å². The maximum absolute atomic E-state index is 12.6. The second kappa shape index (κ2) is 6.48. The van der Waals surface area contributed by atoms with E-state index in [9.17, 15) is 9.59 Å². The standard InChI is InChI=1S/C15H10Cl3NO2/c1-2-13(19-8-10(17)4-6-14(19)20)15(21)11-5-3-9(16)7-12(11)18/h2-8H,1H3. The van der Waals surface area contributed by atoms with Gasteiger partial charge in [0.15, 0.2) is 0 Å². The molecule has 0 saturated heterocycles. The third kappa shape index (κ3) is 3.38. The van der Waals surface area contributed by atoms with Crippen LogP contribution >= 0.6 is 34.8 Å². The van der Waals surface area contributed by atoms with Crippen LogP contribution in [-0.2, 0) is 0 Å². The molecule has 2 aromatic rings. The fourth-order valence-electron chi connectivity index (χ4n) is 1.84. The van der Waals surface area contributed by atoms with Gasteiger partial charge in [-0.25, -0.2) is 0 Å². The molecule has 6 heteroatoms. The maximum Gasteiger partial charge on any atom is 0.255 e. The van der Waals surface area contributed by atoms with Crippen LogP contribution in [-0.4, -0.2) is 10.4 Å². The van der Waals surface area contributed by atoms with Crippen LogP contribution in [0, 0.1) is 0 Å². The minimum atomic E-state index is -0.386. The van der Waals surface area contributed by atoms with E-state index in [0.29, 0.717) is 10.0 Å². The molecule has 0 bridgehead atoms. The lowest BCUT2D eigenvalue weighted by Crippen LogP contribution is -2.22. The number of hydrogen-bond acceptors (Lipinski definition) is 2. The molecule has 0 aliphatic carbocycles. The summed E-state index contributed by atoms with van der Waals surface area (Å²) in [7, 11) is 0. The Bertz CT molecular complexity index is 794. The number of aromatic nitrogens is 1. The second-order valence-corrected chi connectivity index (χ2v) is 5.46. The molecule has 1 aromatic heterocycles. The molecule has 1 heterocycles. The smallest absolute Gasteiger partial charge is 0.255 e. The van der Waals surface area contributed by atoms with Crippen LogP contribution in [0.4, 0.5) is 0 Å². The highest BCUT2D eigenvalue weighted by molar-refractivity contribution is 6.39. The highest BCUT2D eigenvalue weighted by Crippen LogP contribution is 2.24. The Morgan fingerprint density at radius 1 is 1.10 bits per heavy atom. The summed E-state index contributed by atoms with van der Waals surface area (Å²) in [6.07, 6.45) is 2.92. The van der Waals surface area contributed by atoms with Crippen molar-refractivity contribution in [2.45, 2.75) is 6.92 Å². The summed E-state index contributed by atoms with van der Waals surface area (Å²) in [5, 5.41) is 1.00. The van der Waals surface area contributed by atoms with Crippen molar-refractivity contribution in [2.24, 2.45) is 0 Å². The van der Waals surface area contributed by atoms with Crippen LogP contribution < -0.4 is 5.56 Å². The van der Waals surface area contributed by atoms with Gasteiger partial charge in [-0.05, 0) is 31.2 Å². The topological polar surface area (TPSA) is 39.1 Å². The number of benzene rings is 1. The zero-order valence-electron chi connectivity index (χ0n) is 10.9. The van der Waals surface area contributed by atoms with Crippen LogP contribution in [0.25, 0.3) is 5.70 Å². The molecule has 0 fully saturated rings. The first-order chi connectivity index (χ1) is 9.93. The van der Waals surface area contributed by atoms with Crippen LogP contribution in [0.2, 0.25) is 15.1 Å². The second-order valence-electron chi connectivity index (χ2n) is 4.18. The maximum atomic E-state index is 12.6.